The summed E-state index contributed by atoms with van der Waals surface area (Å²) in [7, 11) is 0. The Hall–Kier alpha value is -0.900. The largest absolute Gasteiger partial charge is 0.296 e. The van der Waals surface area contributed by atoms with Crippen LogP contribution in [0.25, 0.3) is 0 Å². The molecule has 16 heavy (non-hydrogen) atoms. The fraction of sp³-hybridized carbons (Fsp3) is 0.833. The highest BCUT2D eigenvalue weighted by Crippen LogP contribution is 2.39. The van der Waals surface area contributed by atoms with Crippen LogP contribution in [0.3, 0.4) is 0 Å². The second-order valence-corrected chi connectivity index (χ2v) is 5.59. The summed E-state index contributed by atoms with van der Waals surface area (Å²) in [6.07, 6.45) is 9.07. The van der Waals surface area contributed by atoms with Crippen molar-refractivity contribution in [1.29, 1.82) is 0 Å². The summed E-state index contributed by atoms with van der Waals surface area (Å²) in [6, 6.07) is 1.49. The van der Waals surface area contributed by atoms with Crippen LogP contribution in [-0.4, -0.2) is 39.0 Å². The van der Waals surface area contributed by atoms with Crippen molar-refractivity contribution in [2.45, 2.75) is 50.1 Å². The van der Waals surface area contributed by atoms with E-state index in [0.717, 1.165) is 12.0 Å². The molecule has 2 heterocycles. The number of nitrogens with zero attached hydrogens (tertiary/aromatic N) is 4. The van der Waals surface area contributed by atoms with Gasteiger partial charge < -0.3 is 0 Å². The topological polar surface area (TPSA) is 34.0 Å². The number of likely N-dealkylation sites (tertiary alicyclic amines) is 1. The van der Waals surface area contributed by atoms with Crippen molar-refractivity contribution in [3.8, 4) is 0 Å². The summed E-state index contributed by atoms with van der Waals surface area (Å²) in [5, 5.41) is 8.56. The second-order valence-electron chi connectivity index (χ2n) is 5.59. The minimum absolute atomic E-state index is 0.598. The summed E-state index contributed by atoms with van der Waals surface area (Å²) < 4.78 is 2.10. The maximum Gasteiger partial charge on any atom is 0.0858 e. The van der Waals surface area contributed by atoms with Gasteiger partial charge in [-0.3, -0.25) is 4.90 Å². The van der Waals surface area contributed by atoms with Gasteiger partial charge in [0, 0.05) is 31.2 Å². The third-order valence-electron chi connectivity index (χ3n) is 4.38. The Balaban J connectivity index is 1.39. The zero-order valence-corrected chi connectivity index (χ0v) is 9.55. The number of hydrogen-bond donors (Lipinski definition) is 0. The van der Waals surface area contributed by atoms with E-state index < -0.39 is 0 Å². The Morgan fingerprint density at radius 1 is 1.06 bits per heavy atom. The van der Waals surface area contributed by atoms with Gasteiger partial charge in [-0.1, -0.05) is 11.6 Å². The highest BCUT2D eigenvalue weighted by molar-refractivity contribution is 5.10. The van der Waals surface area contributed by atoms with Crippen molar-refractivity contribution in [3.05, 3.63) is 11.9 Å². The Labute approximate surface area is 95.6 Å². The van der Waals surface area contributed by atoms with Crippen LogP contribution < -0.4 is 0 Å². The van der Waals surface area contributed by atoms with Crippen LogP contribution >= 0.6 is 0 Å². The van der Waals surface area contributed by atoms with Gasteiger partial charge in [0.05, 0.1) is 11.7 Å². The van der Waals surface area contributed by atoms with Gasteiger partial charge in [0.15, 0.2) is 0 Å². The first-order valence-electron chi connectivity index (χ1n) is 6.56. The van der Waals surface area contributed by atoms with Crippen LogP contribution in [-0.2, 0) is 0 Å². The molecule has 1 aliphatic heterocycles. The maximum absolute atomic E-state index is 4.28. The van der Waals surface area contributed by atoms with E-state index in [2.05, 4.69) is 26.1 Å². The SMILES string of the molecule is c1c(C2CC2)nnn1C1CN(C2CCC2)C1. The van der Waals surface area contributed by atoms with Gasteiger partial charge in [0.1, 0.15) is 0 Å². The molecule has 0 unspecified atom stereocenters. The van der Waals surface area contributed by atoms with Gasteiger partial charge in [-0.25, -0.2) is 4.68 Å². The van der Waals surface area contributed by atoms with Gasteiger partial charge in [-0.05, 0) is 25.7 Å². The number of aromatic nitrogens is 3. The van der Waals surface area contributed by atoms with Crippen LogP contribution in [0.15, 0.2) is 6.20 Å². The molecule has 4 rings (SSSR count). The first kappa shape index (κ1) is 9.16. The molecule has 0 bridgehead atoms. The molecule has 0 N–H and O–H groups in total. The van der Waals surface area contributed by atoms with E-state index in [9.17, 15) is 0 Å². The highest BCUT2D eigenvalue weighted by Gasteiger charge is 2.37. The minimum Gasteiger partial charge on any atom is -0.296 e. The summed E-state index contributed by atoms with van der Waals surface area (Å²) >= 11 is 0. The molecule has 2 aliphatic carbocycles. The zero-order chi connectivity index (χ0) is 10.5. The molecular formula is C12H18N4. The minimum atomic E-state index is 0.598. The molecule has 0 aromatic carbocycles. The highest BCUT2D eigenvalue weighted by atomic mass is 15.5. The molecule has 1 aromatic rings. The quantitative estimate of drug-likeness (QED) is 0.772. The summed E-state index contributed by atoms with van der Waals surface area (Å²) in [5.41, 5.74) is 1.22. The van der Waals surface area contributed by atoms with E-state index in [1.165, 1.54) is 50.9 Å². The summed E-state index contributed by atoms with van der Waals surface area (Å²) in [6.45, 7) is 2.39. The van der Waals surface area contributed by atoms with E-state index in [1.807, 2.05) is 0 Å². The van der Waals surface area contributed by atoms with Crippen molar-refractivity contribution in [1.82, 2.24) is 19.9 Å². The number of hydrogen-bond acceptors (Lipinski definition) is 3. The van der Waals surface area contributed by atoms with Gasteiger partial charge in [-0.2, -0.15) is 0 Å². The predicted molar refractivity (Wildman–Crippen MR) is 60.2 cm³/mol. The monoisotopic (exact) mass is 218 g/mol. The van der Waals surface area contributed by atoms with Crippen LogP contribution in [0.1, 0.15) is 49.8 Å². The average molecular weight is 218 g/mol. The Kier molecular flexibility index (Phi) is 1.89. The zero-order valence-electron chi connectivity index (χ0n) is 9.55. The van der Waals surface area contributed by atoms with Gasteiger partial charge in [-0.15, -0.1) is 5.10 Å². The molecule has 0 radical (unpaired) electrons. The molecule has 2 saturated carbocycles. The van der Waals surface area contributed by atoms with E-state index >= 15 is 0 Å². The third kappa shape index (κ3) is 1.39. The number of rotatable bonds is 3. The van der Waals surface area contributed by atoms with Crippen molar-refractivity contribution < 1.29 is 0 Å². The Bertz CT molecular complexity index is 385. The Morgan fingerprint density at radius 2 is 1.88 bits per heavy atom. The first-order valence-corrected chi connectivity index (χ1v) is 6.56. The van der Waals surface area contributed by atoms with Gasteiger partial charge in [0.25, 0.3) is 0 Å². The fourth-order valence-electron chi connectivity index (χ4n) is 2.74. The van der Waals surface area contributed by atoms with E-state index in [4.69, 9.17) is 0 Å². The molecule has 3 fully saturated rings. The molecule has 3 aliphatic rings. The maximum atomic E-state index is 4.28. The molecule has 86 valence electrons. The lowest BCUT2D eigenvalue weighted by molar-refractivity contribution is 0.0174. The van der Waals surface area contributed by atoms with Crippen molar-refractivity contribution in [2.75, 3.05) is 13.1 Å². The lowest BCUT2D eigenvalue weighted by Gasteiger charge is -2.47. The lowest BCUT2D eigenvalue weighted by Crippen LogP contribution is -2.54. The normalized spacial score (nSPS) is 27.8. The lowest BCUT2D eigenvalue weighted by atomic mass is 9.88. The summed E-state index contributed by atoms with van der Waals surface area (Å²) in [4.78, 5) is 2.60. The van der Waals surface area contributed by atoms with Crippen molar-refractivity contribution >= 4 is 0 Å². The van der Waals surface area contributed by atoms with E-state index in [0.29, 0.717) is 6.04 Å². The van der Waals surface area contributed by atoms with Gasteiger partial charge >= 0.3 is 0 Å². The fourth-order valence-corrected chi connectivity index (χ4v) is 2.74. The summed E-state index contributed by atoms with van der Waals surface area (Å²) in [5.74, 6) is 0.733. The molecular weight excluding hydrogens is 200 g/mol. The average Bonchev–Trinajstić information content (AvgIpc) is 2.88. The van der Waals surface area contributed by atoms with Crippen molar-refractivity contribution in [2.24, 2.45) is 0 Å². The second kappa shape index (κ2) is 3.29. The van der Waals surface area contributed by atoms with Crippen LogP contribution in [0, 0.1) is 0 Å². The molecule has 4 heteroatoms. The Morgan fingerprint density at radius 3 is 2.50 bits per heavy atom. The molecule has 0 atom stereocenters. The molecule has 0 amide bonds. The first-order chi connectivity index (χ1) is 7.90. The van der Waals surface area contributed by atoms with E-state index in [-0.39, 0.29) is 0 Å². The van der Waals surface area contributed by atoms with Gasteiger partial charge in [0.2, 0.25) is 0 Å². The smallest absolute Gasteiger partial charge is 0.0858 e. The van der Waals surface area contributed by atoms with Crippen LogP contribution in [0.4, 0.5) is 0 Å². The molecule has 0 spiro atoms. The van der Waals surface area contributed by atoms with Crippen molar-refractivity contribution in [3.63, 3.8) is 0 Å². The molecule has 4 nitrogen and oxygen atoms in total. The van der Waals surface area contributed by atoms with Crippen LogP contribution in [0.5, 0.6) is 0 Å². The third-order valence-corrected chi connectivity index (χ3v) is 4.38. The van der Waals surface area contributed by atoms with Crippen LogP contribution in [0.2, 0.25) is 0 Å². The standard InChI is InChI=1S/C12H18N4/c1-2-10(3-1)15-6-11(7-15)16-8-12(13-14-16)9-4-5-9/h8-11H,1-7H2. The van der Waals surface area contributed by atoms with E-state index in [1.54, 1.807) is 0 Å². The predicted octanol–water partition coefficient (Wildman–Crippen LogP) is 1.56. The molecule has 1 aromatic heterocycles. The molecule has 1 saturated heterocycles.